The Balaban J connectivity index is 2.97. The van der Waals surface area contributed by atoms with Crippen molar-refractivity contribution in [2.75, 3.05) is 5.33 Å². The summed E-state index contributed by atoms with van der Waals surface area (Å²) in [6.45, 7) is 7.94. The van der Waals surface area contributed by atoms with Crippen molar-refractivity contribution in [3.05, 3.63) is 47.8 Å². The van der Waals surface area contributed by atoms with Gasteiger partial charge in [-0.1, -0.05) is 35.0 Å². The predicted molar refractivity (Wildman–Crippen MR) is 66.9 cm³/mol. The highest BCUT2D eigenvalue weighted by atomic mass is 79.9. The summed E-state index contributed by atoms with van der Waals surface area (Å²) < 4.78 is 13.1. The average Bonchev–Trinajstić information content (AvgIpc) is 2.23. The van der Waals surface area contributed by atoms with Gasteiger partial charge in [-0.15, -0.1) is 6.58 Å². The molecule has 0 radical (unpaired) electrons. The number of alkyl halides is 1. The van der Waals surface area contributed by atoms with Gasteiger partial charge in [0.1, 0.15) is 5.82 Å². The van der Waals surface area contributed by atoms with Crippen LogP contribution in [-0.4, -0.2) is 5.33 Å². The van der Waals surface area contributed by atoms with Gasteiger partial charge in [-0.3, -0.25) is 0 Å². The normalized spacial score (nSPS) is 14.7. The number of halogens is 2. The van der Waals surface area contributed by atoms with Crippen molar-refractivity contribution >= 4 is 15.9 Å². The fourth-order valence-electron chi connectivity index (χ4n) is 1.44. The summed E-state index contributed by atoms with van der Waals surface area (Å²) in [5.41, 5.74) is 2.17. The molecule has 0 bridgehead atoms. The largest absolute Gasteiger partial charge is 0.207 e. The Morgan fingerprint density at radius 3 is 2.73 bits per heavy atom. The molecule has 1 aromatic rings. The molecular formula is C13H16BrF. The van der Waals surface area contributed by atoms with E-state index in [0.29, 0.717) is 0 Å². The zero-order valence-corrected chi connectivity index (χ0v) is 10.8. The monoisotopic (exact) mass is 270 g/mol. The van der Waals surface area contributed by atoms with Gasteiger partial charge >= 0.3 is 0 Å². The molecule has 0 N–H and O–H groups in total. The zero-order valence-electron chi connectivity index (χ0n) is 9.19. The standard InChI is InChI=1S/C13H16BrF/c1-4-13(3,9-14)8-11-7-12(15)6-5-10(11)2/h4-7H,1,8-9H2,2-3H3. The molecule has 0 nitrogen and oxygen atoms in total. The second kappa shape index (κ2) is 4.93. The van der Waals surface area contributed by atoms with Crippen LogP contribution in [0.15, 0.2) is 30.9 Å². The first kappa shape index (κ1) is 12.4. The molecule has 0 spiro atoms. The molecule has 2 heteroatoms. The summed E-state index contributed by atoms with van der Waals surface area (Å²) >= 11 is 3.47. The molecule has 1 unspecified atom stereocenters. The highest BCUT2D eigenvalue weighted by Crippen LogP contribution is 2.27. The fourth-order valence-corrected chi connectivity index (χ4v) is 1.87. The van der Waals surface area contributed by atoms with Gasteiger partial charge in [0, 0.05) is 5.33 Å². The molecule has 0 fully saturated rings. The van der Waals surface area contributed by atoms with Crippen LogP contribution >= 0.6 is 15.9 Å². The van der Waals surface area contributed by atoms with E-state index in [4.69, 9.17) is 0 Å². The van der Waals surface area contributed by atoms with Crippen molar-refractivity contribution in [2.24, 2.45) is 5.41 Å². The minimum atomic E-state index is -0.170. The lowest BCUT2D eigenvalue weighted by Crippen LogP contribution is -2.18. The van der Waals surface area contributed by atoms with Crippen LogP contribution in [0.2, 0.25) is 0 Å². The van der Waals surface area contributed by atoms with Crippen molar-refractivity contribution < 1.29 is 4.39 Å². The van der Waals surface area contributed by atoms with E-state index < -0.39 is 0 Å². The third-order valence-corrected chi connectivity index (χ3v) is 3.98. The molecule has 0 saturated heterocycles. The molecule has 1 rings (SSSR count). The maximum absolute atomic E-state index is 13.1. The predicted octanol–water partition coefficient (Wildman–Crippen LogP) is 4.26. The van der Waals surface area contributed by atoms with E-state index in [2.05, 4.69) is 29.4 Å². The summed E-state index contributed by atoms with van der Waals surface area (Å²) in [7, 11) is 0. The number of rotatable bonds is 4. The van der Waals surface area contributed by atoms with Crippen LogP contribution in [0.4, 0.5) is 4.39 Å². The first-order chi connectivity index (χ1) is 7.00. The third-order valence-electron chi connectivity index (χ3n) is 2.70. The lowest BCUT2D eigenvalue weighted by atomic mass is 9.84. The van der Waals surface area contributed by atoms with Gasteiger partial charge in [-0.25, -0.2) is 4.39 Å². The van der Waals surface area contributed by atoms with Crippen molar-refractivity contribution in [2.45, 2.75) is 20.3 Å². The molecule has 0 aromatic heterocycles. The lowest BCUT2D eigenvalue weighted by molar-refractivity contribution is 0.490. The van der Waals surface area contributed by atoms with Crippen molar-refractivity contribution in [1.82, 2.24) is 0 Å². The second-order valence-electron chi connectivity index (χ2n) is 4.24. The molecule has 0 aliphatic heterocycles. The minimum Gasteiger partial charge on any atom is -0.207 e. The first-order valence-electron chi connectivity index (χ1n) is 4.95. The van der Waals surface area contributed by atoms with Gasteiger partial charge < -0.3 is 0 Å². The van der Waals surface area contributed by atoms with Crippen LogP contribution in [0.1, 0.15) is 18.1 Å². The van der Waals surface area contributed by atoms with Crippen molar-refractivity contribution in [3.8, 4) is 0 Å². The Labute approximate surface area is 99.3 Å². The Kier molecular flexibility index (Phi) is 4.09. The SMILES string of the molecule is C=CC(C)(CBr)Cc1cc(F)ccc1C. The number of allylic oxidation sites excluding steroid dienone is 1. The summed E-state index contributed by atoms with van der Waals surface area (Å²) in [6.07, 6.45) is 2.73. The number of hydrogen-bond acceptors (Lipinski definition) is 0. The third kappa shape index (κ3) is 3.16. The summed E-state index contributed by atoms with van der Waals surface area (Å²) in [5.74, 6) is -0.170. The quantitative estimate of drug-likeness (QED) is 0.567. The molecule has 0 aliphatic carbocycles. The van der Waals surface area contributed by atoms with Gasteiger partial charge in [0.15, 0.2) is 0 Å². The number of hydrogen-bond donors (Lipinski definition) is 0. The zero-order chi connectivity index (χ0) is 11.5. The summed E-state index contributed by atoms with van der Waals surface area (Å²) in [6, 6.07) is 4.93. The van der Waals surface area contributed by atoms with Crippen molar-refractivity contribution in [3.63, 3.8) is 0 Å². The van der Waals surface area contributed by atoms with Crippen LogP contribution in [0, 0.1) is 18.2 Å². The van der Waals surface area contributed by atoms with Gasteiger partial charge in [0.05, 0.1) is 0 Å². The maximum atomic E-state index is 13.1. The Morgan fingerprint density at radius 2 is 2.20 bits per heavy atom. The highest BCUT2D eigenvalue weighted by Gasteiger charge is 2.20. The van der Waals surface area contributed by atoms with Crippen LogP contribution in [0.3, 0.4) is 0 Å². The van der Waals surface area contributed by atoms with E-state index in [1.54, 1.807) is 6.07 Å². The Morgan fingerprint density at radius 1 is 1.53 bits per heavy atom. The first-order valence-corrected chi connectivity index (χ1v) is 6.07. The molecular weight excluding hydrogens is 255 g/mol. The molecule has 0 saturated carbocycles. The van der Waals surface area contributed by atoms with Gasteiger partial charge in [0.2, 0.25) is 0 Å². The van der Waals surface area contributed by atoms with Gasteiger partial charge in [-0.2, -0.15) is 0 Å². The summed E-state index contributed by atoms with van der Waals surface area (Å²) in [5, 5.41) is 0.833. The molecule has 1 atom stereocenters. The van der Waals surface area contributed by atoms with Crippen LogP contribution in [0.5, 0.6) is 0 Å². The molecule has 0 heterocycles. The molecule has 1 aromatic carbocycles. The molecule has 82 valence electrons. The van der Waals surface area contributed by atoms with E-state index >= 15 is 0 Å². The lowest BCUT2D eigenvalue weighted by Gasteiger charge is -2.23. The fraction of sp³-hybridized carbons (Fsp3) is 0.385. The van der Waals surface area contributed by atoms with Gasteiger partial charge in [-0.05, 0) is 42.0 Å². The molecule has 15 heavy (non-hydrogen) atoms. The number of benzene rings is 1. The molecule has 0 amide bonds. The van der Waals surface area contributed by atoms with Crippen LogP contribution < -0.4 is 0 Å². The van der Waals surface area contributed by atoms with E-state index in [0.717, 1.165) is 22.9 Å². The second-order valence-corrected chi connectivity index (χ2v) is 4.80. The smallest absolute Gasteiger partial charge is 0.123 e. The number of aryl methyl sites for hydroxylation is 1. The van der Waals surface area contributed by atoms with E-state index in [-0.39, 0.29) is 11.2 Å². The molecule has 0 aliphatic rings. The van der Waals surface area contributed by atoms with E-state index in [1.807, 2.05) is 19.1 Å². The topological polar surface area (TPSA) is 0 Å². The van der Waals surface area contributed by atoms with E-state index in [1.165, 1.54) is 6.07 Å². The van der Waals surface area contributed by atoms with E-state index in [9.17, 15) is 4.39 Å². The van der Waals surface area contributed by atoms with Crippen LogP contribution in [-0.2, 0) is 6.42 Å². The highest BCUT2D eigenvalue weighted by molar-refractivity contribution is 9.09. The maximum Gasteiger partial charge on any atom is 0.123 e. The van der Waals surface area contributed by atoms with Crippen molar-refractivity contribution in [1.29, 1.82) is 0 Å². The minimum absolute atomic E-state index is 0.0153. The summed E-state index contributed by atoms with van der Waals surface area (Å²) in [4.78, 5) is 0. The average molecular weight is 271 g/mol. The van der Waals surface area contributed by atoms with Crippen LogP contribution in [0.25, 0.3) is 0 Å². The van der Waals surface area contributed by atoms with Gasteiger partial charge in [0.25, 0.3) is 0 Å². The Bertz CT molecular complexity index is 360. The Hall–Kier alpha value is -0.630.